The number of aromatic nitrogens is 1. The number of aryl methyl sites for hydroxylation is 1. The van der Waals surface area contributed by atoms with E-state index in [0.717, 1.165) is 10.6 Å². The van der Waals surface area contributed by atoms with Gasteiger partial charge in [0.05, 0.1) is 18.0 Å². The number of rotatable bonds is 7. The number of aromatic hydroxyl groups is 1. The first-order chi connectivity index (χ1) is 16.5. The molecule has 0 aliphatic carbocycles. The Hall–Kier alpha value is -4.28. The highest BCUT2D eigenvalue weighted by molar-refractivity contribution is 5.91. The monoisotopic (exact) mass is 489 g/mol. The van der Waals surface area contributed by atoms with E-state index >= 15 is 0 Å². The molecule has 0 unspecified atom stereocenters. The number of carboxylic acids is 1. The average molecular weight is 489 g/mol. The van der Waals surface area contributed by atoms with E-state index in [4.69, 9.17) is 0 Å². The smallest absolute Gasteiger partial charge is 0.416 e. The zero-order valence-corrected chi connectivity index (χ0v) is 18.5. The van der Waals surface area contributed by atoms with E-state index in [1.54, 1.807) is 12.1 Å². The summed E-state index contributed by atoms with van der Waals surface area (Å²) >= 11 is 0. The number of aliphatic carboxylic acids is 1. The molecule has 35 heavy (non-hydrogen) atoms. The van der Waals surface area contributed by atoms with Gasteiger partial charge in [-0.25, -0.2) is 4.79 Å². The van der Waals surface area contributed by atoms with E-state index in [9.17, 15) is 37.8 Å². The SMILES string of the molecule is Cn1ccc(O)c(NC(=O)N[C@@H](CC(=O)O)c2cccc(Cc3ccccc3C(F)(F)F)c2)c1=O. The van der Waals surface area contributed by atoms with Crippen molar-refractivity contribution in [3.05, 3.63) is 93.4 Å². The number of halogens is 3. The van der Waals surface area contributed by atoms with Crippen molar-refractivity contribution in [2.24, 2.45) is 7.05 Å². The van der Waals surface area contributed by atoms with E-state index in [-0.39, 0.29) is 17.7 Å². The zero-order chi connectivity index (χ0) is 25.8. The molecule has 1 heterocycles. The van der Waals surface area contributed by atoms with Gasteiger partial charge in [0.25, 0.3) is 5.56 Å². The van der Waals surface area contributed by atoms with Crippen LogP contribution in [0.15, 0.2) is 65.6 Å². The number of nitrogens with zero attached hydrogens (tertiary/aromatic N) is 1. The quantitative estimate of drug-likeness (QED) is 0.399. The predicted molar refractivity (Wildman–Crippen MR) is 121 cm³/mol. The summed E-state index contributed by atoms with van der Waals surface area (Å²) in [5.41, 5.74) is -0.970. The van der Waals surface area contributed by atoms with Crippen LogP contribution in [0.2, 0.25) is 0 Å². The Morgan fingerprint density at radius 2 is 1.80 bits per heavy atom. The number of nitrogens with one attached hydrogen (secondary N) is 2. The lowest BCUT2D eigenvalue weighted by Crippen LogP contribution is -2.36. The van der Waals surface area contributed by atoms with Crippen molar-refractivity contribution in [1.29, 1.82) is 0 Å². The number of hydrogen-bond acceptors (Lipinski definition) is 4. The van der Waals surface area contributed by atoms with Gasteiger partial charge in [0.2, 0.25) is 0 Å². The van der Waals surface area contributed by atoms with Gasteiger partial charge in [-0.05, 0) is 35.2 Å². The standard InChI is InChI=1S/C24H22F3N3O5/c1-30-10-9-19(31)21(22(30)34)29-23(35)28-18(13-20(32)33)16-7-4-5-14(12-16)11-15-6-2-3-8-17(15)24(25,26)27/h2-10,12,18,31H,11,13H2,1H3,(H,32,33)(H2,28,29,35)/t18-/m0/s1. The van der Waals surface area contributed by atoms with E-state index in [2.05, 4.69) is 10.6 Å². The maximum absolute atomic E-state index is 13.3. The Morgan fingerprint density at radius 3 is 2.49 bits per heavy atom. The summed E-state index contributed by atoms with van der Waals surface area (Å²) in [7, 11) is 1.42. The number of amides is 2. The molecule has 1 aromatic heterocycles. The van der Waals surface area contributed by atoms with Crippen molar-refractivity contribution in [3.63, 3.8) is 0 Å². The van der Waals surface area contributed by atoms with Crippen molar-refractivity contribution in [2.75, 3.05) is 5.32 Å². The maximum atomic E-state index is 13.3. The summed E-state index contributed by atoms with van der Waals surface area (Å²) in [5.74, 6) is -1.70. The molecule has 1 atom stereocenters. The Morgan fingerprint density at radius 1 is 1.09 bits per heavy atom. The number of pyridine rings is 1. The lowest BCUT2D eigenvalue weighted by molar-refractivity contribution is -0.138. The zero-order valence-electron chi connectivity index (χ0n) is 18.5. The number of carbonyl (C=O) groups is 2. The maximum Gasteiger partial charge on any atom is 0.416 e. The van der Waals surface area contributed by atoms with E-state index in [0.29, 0.717) is 11.1 Å². The van der Waals surface area contributed by atoms with E-state index < -0.39 is 47.5 Å². The number of carbonyl (C=O) groups excluding carboxylic acids is 1. The summed E-state index contributed by atoms with van der Waals surface area (Å²) < 4.78 is 41.2. The van der Waals surface area contributed by atoms with Crippen LogP contribution in [-0.4, -0.2) is 26.8 Å². The van der Waals surface area contributed by atoms with Crippen LogP contribution in [0.25, 0.3) is 0 Å². The highest BCUT2D eigenvalue weighted by Crippen LogP contribution is 2.33. The highest BCUT2D eigenvalue weighted by atomic mass is 19.4. The molecule has 8 nitrogen and oxygen atoms in total. The fraction of sp³-hybridized carbons (Fsp3) is 0.208. The van der Waals surface area contributed by atoms with Crippen LogP contribution in [0.5, 0.6) is 5.75 Å². The van der Waals surface area contributed by atoms with Crippen molar-refractivity contribution in [2.45, 2.75) is 25.1 Å². The van der Waals surface area contributed by atoms with Crippen molar-refractivity contribution < 1.29 is 33.0 Å². The van der Waals surface area contributed by atoms with Crippen LogP contribution in [-0.2, 0) is 24.4 Å². The molecule has 4 N–H and O–H groups in total. The molecule has 11 heteroatoms. The molecule has 184 valence electrons. The number of anilines is 1. The molecule has 0 aliphatic heterocycles. The summed E-state index contributed by atoms with van der Waals surface area (Å²) in [6, 6.07) is 10.5. The van der Waals surface area contributed by atoms with Gasteiger partial charge in [-0.1, -0.05) is 42.5 Å². The normalized spacial score (nSPS) is 12.1. The second-order valence-corrected chi connectivity index (χ2v) is 7.82. The molecular weight excluding hydrogens is 467 g/mol. The number of benzene rings is 2. The fourth-order valence-corrected chi connectivity index (χ4v) is 3.56. The molecule has 0 radical (unpaired) electrons. The van der Waals surface area contributed by atoms with Gasteiger partial charge in [-0.15, -0.1) is 0 Å². The first-order valence-corrected chi connectivity index (χ1v) is 10.4. The van der Waals surface area contributed by atoms with E-state index in [1.807, 2.05) is 0 Å². The van der Waals surface area contributed by atoms with Crippen LogP contribution >= 0.6 is 0 Å². The van der Waals surface area contributed by atoms with Crippen LogP contribution in [0, 0.1) is 0 Å². The van der Waals surface area contributed by atoms with Crippen molar-refractivity contribution in [1.82, 2.24) is 9.88 Å². The summed E-state index contributed by atoms with van der Waals surface area (Å²) in [6.07, 6.45) is -3.83. The van der Waals surface area contributed by atoms with E-state index in [1.165, 1.54) is 49.6 Å². The molecule has 0 fully saturated rings. The van der Waals surface area contributed by atoms with Gasteiger partial charge in [0, 0.05) is 13.2 Å². The second-order valence-electron chi connectivity index (χ2n) is 7.82. The van der Waals surface area contributed by atoms with Gasteiger partial charge >= 0.3 is 18.2 Å². The molecule has 2 amide bonds. The summed E-state index contributed by atoms with van der Waals surface area (Å²) in [6.45, 7) is 0. The molecule has 2 aromatic carbocycles. The number of urea groups is 1. The molecule has 0 spiro atoms. The average Bonchev–Trinajstić information content (AvgIpc) is 2.78. The number of hydrogen-bond donors (Lipinski definition) is 4. The third-order valence-electron chi connectivity index (χ3n) is 5.24. The number of carboxylic acid groups (broad SMARTS) is 1. The minimum atomic E-state index is -4.53. The molecule has 3 aromatic rings. The minimum absolute atomic E-state index is 0.0491. The van der Waals surface area contributed by atoms with Gasteiger partial charge in [0.1, 0.15) is 5.75 Å². The molecule has 0 aliphatic rings. The molecular formula is C24H22F3N3O5. The van der Waals surface area contributed by atoms with Crippen LogP contribution < -0.4 is 16.2 Å². The summed E-state index contributed by atoms with van der Waals surface area (Å²) in [5, 5.41) is 23.9. The van der Waals surface area contributed by atoms with Crippen LogP contribution in [0.3, 0.4) is 0 Å². The molecule has 0 bridgehead atoms. The Kier molecular flexibility index (Phi) is 7.48. The Labute approximate surface area is 197 Å². The second kappa shape index (κ2) is 10.3. The summed E-state index contributed by atoms with van der Waals surface area (Å²) in [4.78, 5) is 36.1. The Bertz CT molecular complexity index is 1300. The predicted octanol–water partition coefficient (Wildman–Crippen LogP) is 4.04. The van der Waals surface area contributed by atoms with Crippen LogP contribution in [0.1, 0.15) is 34.7 Å². The first kappa shape index (κ1) is 25.3. The lowest BCUT2D eigenvalue weighted by atomic mass is 9.95. The first-order valence-electron chi connectivity index (χ1n) is 10.4. The van der Waals surface area contributed by atoms with Gasteiger partial charge in [-0.3, -0.25) is 9.59 Å². The third-order valence-corrected chi connectivity index (χ3v) is 5.24. The Balaban J connectivity index is 1.85. The largest absolute Gasteiger partial charge is 0.505 e. The highest BCUT2D eigenvalue weighted by Gasteiger charge is 2.32. The van der Waals surface area contributed by atoms with Gasteiger partial charge in [-0.2, -0.15) is 13.2 Å². The van der Waals surface area contributed by atoms with Crippen molar-refractivity contribution in [3.8, 4) is 5.75 Å². The number of alkyl halides is 3. The minimum Gasteiger partial charge on any atom is -0.505 e. The fourth-order valence-electron chi connectivity index (χ4n) is 3.56. The van der Waals surface area contributed by atoms with Gasteiger partial charge in [0.15, 0.2) is 5.69 Å². The van der Waals surface area contributed by atoms with Gasteiger partial charge < -0.3 is 25.4 Å². The molecule has 3 rings (SSSR count). The van der Waals surface area contributed by atoms with Crippen LogP contribution in [0.4, 0.5) is 23.7 Å². The topological polar surface area (TPSA) is 121 Å². The molecule has 0 saturated carbocycles. The third kappa shape index (κ3) is 6.40. The molecule has 0 saturated heterocycles. The van der Waals surface area contributed by atoms with Crippen molar-refractivity contribution >= 4 is 17.7 Å². The lowest BCUT2D eigenvalue weighted by Gasteiger charge is -2.19.